The number of benzene rings is 2. The Hall–Kier alpha value is -3.79. The maximum absolute atomic E-state index is 12.4. The largest absolute Gasteiger partial charge is 0.490 e. The lowest BCUT2D eigenvalue weighted by molar-refractivity contribution is -0.138. The van der Waals surface area contributed by atoms with Gasteiger partial charge in [-0.05, 0) is 73.7 Å². The summed E-state index contributed by atoms with van der Waals surface area (Å²) >= 11 is 0. The van der Waals surface area contributed by atoms with Gasteiger partial charge in [-0.2, -0.15) is 5.26 Å². The summed E-state index contributed by atoms with van der Waals surface area (Å²) in [5.74, 6) is 0.209. The van der Waals surface area contributed by atoms with Gasteiger partial charge in [-0.15, -0.1) is 0 Å². The third-order valence-electron chi connectivity index (χ3n) is 4.64. The fraction of sp³-hybridized carbons (Fsp3) is 0.346. The van der Waals surface area contributed by atoms with E-state index in [0.29, 0.717) is 29.6 Å². The predicted octanol–water partition coefficient (Wildman–Crippen LogP) is 4.97. The Labute approximate surface area is 194 Å². The van der Waals surface area contributed by atoms with Crippen LogP contribution in [0.4, 0.5) is 0 Å². The van der Waals surface area contributed by atoms with Crippen LogP contribution in [-0.4, -0.2) is 31.8 Å². The lowest BCUT2D eigenvalue weighted by Gasteiger charge is -2.13. The van der Waals surface area contributed by atoms with E-state index in [-0.39, 0.29) is 24.5 Å². The Morgan fingerprint density at radius 2 is 1.79 bits per heavy atom. The standard InChI is InChI=1S/C26H29NO6/c1-6-30-24-14-19(13-20(15-27)26(29)31-7-2)8-11-23(24)33-25(28)16-32-21-9-10-22(17(3)4)18(5)12-21/h8-14,17H,6-7,16H2,1-5H3/b20-13+. The van der Waals surface area contributed by atoms with Crippen molar-refractivity contribution in [3.05, 3.63) is 58.7 Å². The van der Waals surface area contributed by atoms with Crippen LogP contribution in [0.25, 0.3) is 6.08 Å². The first kappa shape index (κ1) is 25.5. The molecule has 0 spiro atoms. The van der Waals surface area contributed by atoms with E-state index in [2.05, 4.69) is 13.8 Å². The van der Waals surface area contributed by atoms with E-state index in [9.17, 15) is 14.9 Å². The Balaban J connectivity index is 2.11. The number of carbonyl (C=O) groups excluding carboxylic acids is 2. The fourth-order valence-electron chi connectivity index (χ4n) is 3.16. The number of nitriles is 1. The molecule has 0 bridgehead atoms. The molecule has 174 valence electrons. The Morgan fingerprint density at radius 1 is 1.03 bits per heavy atom. The molecule has 2 rings (SSSR count). The molecule has 0 unspecified atom stereocenters. The average Bonchev–Trinajstić information content (AvgIpc) is 2.77. The molecule has 0 saturated carbocycles. The van der Waals surface area contributed by atoms with Crippen LogP contribution in [-0.2, 0) is 14.3 Å². The number of carbonyl (C=O) groups is 2. The summed E-state index contributed by atoms with van der Waals surface area (Å²) in [6, 6.07) is 12.3. The number of hydrogen-bond acceptors (Lipinski definition) is 7. The highest BCUT2D eigenvalue weighted by Crippen LogP contribution is 2.30. The Bertz CT molecular complexity index is 1060. The molecule has 2 aromatic carbocycles. The summed E-state index contributed by atoms with van der Waals surface area (Å²) in [6.07, 6.45) is 1.39. The summed E-state index contributed by atoms with van der Waals surface area (Å²) in [4.78, 5) is 24.2. The Morgan fingerprint density at radius 3 is 2.39 bits per heavy atom. The van der Waals surface area contributed by atoms with Gasteiger partial charge in [-0.25, -0.2) is 9.59 Å². The summed E-state index contributed by atoms with van der Waals surface area (Å²) in [5.41, 5.74) is 2.71. The molecule has 0 aliphatic rings. The highest BCUT2D eigenvalue weighted by Gasteiger charge is 2.14. The molecule has 0 fully saturated rings. The number of esters is 2. The van der Waals surface area contributed by atoms with Gasteiger partial charge in [0.15, 0.2) is 18.1 Å². The van der Waals surface area contributed by atoms with Gasteiger partial charge in [0.1, 0.15) is 17.4 Å². The first-order chi connectivity index (χ1) is 15.8. The van der Waals surface area contributed by atoms with Crippen LogP contribution < -0.4 is 14.2 Å². The molecule has 0 aliphatic heterocycles. The zero-order valence-electron chi connectivity index (χ0n) is 19.6. The van der Waals surface area contributed by atoms with Gasteiger partial charge in [0, 0.05) is 0 Å². The first-order valence-corrected chi connectivity index (χ1v) is 10.8. The summed E-state index contributed by atoms with van der Waals surface area (Å²) in [6.45, 7) is 9.93. The van der Waals surface area contributed by atoms with Crippen molar-refractivity contribution in [2.24, 2.45) is 0 Å². The van der Waals surface area contributed by atoms with Crippen LogP contribution in [0, 0.1) is 18.3 Å². The number of ether oxygens (including phenoxy) is 4. The van der Waals surface area contributed by atoms with Crippen molar-refractivity contribution in [1.29, 1.82) is 5.26 Å². The van der Waals surface area contributed by atoms with Gasteiger partial charge >= 0.3 is 11.9 Å². The lowest BCUT2D eigenvalue weighted by Crippen LogP contribution is -2.18. The molecular weight excluding hydrogens is 422 g/mol. The van der Waals surface area contributed by atoms with Crippen LogP contribution in [0.1, 0.15) is 50.3 Å². The van der Waals surface area contributed by atoms with Crippen molar-refractivity contribution in [3.63, 3.8) is 0 Å². The molecule has 0 saturated heterocycles. The van der Waals surface area contributed by atoms with Crippen molar-refractivity contribution < 1.29 is 28.5 Å². The van der Waals surface area contributed by atoms with Crippen LogP contribution in [0.5, 0.6) is 17.2 Å². The van der Waals surface area contributed by atoms with E-state index in [1.54, 1.807) is 26.0 Å². The molecule has 2 aromatic rings. The second kappa shape index (κ2) is 12.3. The second-order valence-corrected chi connectivity index (χ2v) is 7.47. The molecule has 0 aromatic heterocycles. The van der Waals surface area contributed by atoms with E-state index in [1.165, 1.54) is 17.7 Å². The minimum absolute atomic E-state index is 0.142. The highest BCUT2D eigenvalue weighted by atomic mass is 16.6. The second-order valence-electron chi connectivity index (χ2n) is 7.47. The molecule has 0 N–H and O–H groups in total. The summed E-state index contributed by atoms with van der Waals surface area (Å²) in [7, 11) is 0. The molecule has 33 heavy (non-hydrogen) atoms. The van der Waals surface area contributed by atoms with Crippen molar-refractivity contribution in [2.75, 3.05) is 19.8 Å². The number of rotatable bonds is 10. The van der Waals surface area contributed by atoms with E-state index in [1.807, 2.05) is 31.2 Å². The highest BCUT2D eigenvalue weighted by molar-refractivity contribution is 5.98. The van der Waals surface area contributed by atoms with E-state index >= 15 is 0 Å². The van der Waals surface area contributed by atoms with Crippen LogP contribution >= 0.6 is 0 Å². The van der Waals surface area contributed by atoms with Crippen molar-refractivity contribution in [2.45, 2.75) is 40.5 Å². The number of hydrogen-bond donors (Lipinski definition) is 0. The van der Waals surface area contributed by atoms with Gasteiger partial charge in [0.2, 0.25) is 0 Å². The van der Waals surface area contributed by atoms with E-state index in [4.69, 9.17) is 18.9 Å². The van der Waals surface area contributed by atoms with Crippen molar-refractivity contribution in [3.8, 4) is 23.3 Å². The zero-order valence-corrected chi connectivity index (χ0v) is 19.6. The SMILES string of the molecule is CCOC(=O)/C(C#N)=C/c1ccc(OC(=O)COc2ccc(C(C)C)c(C)c2)c(OCC)c1. The van der Waals surface area contributed by atoms with Crippen LogP contribution in [0.3, 0.4) is 0 Å². The monoisotopic (exact) mass is 451 g/mol. The minimum atomic E-state index is -0.706. The molecular formula is C26H29NO6. The minimum Gasteiger partial charge on any atom is -0.490 e. The molecule has 0 radical (unpaired) electrons. The third kappa shape index (κ3) is 7.39. The normalized spacial score (nSPS) is 11.0. The molecule has 7 heteroatoms. The van der Waals surface area contributed by atoms with Crippen molar-refractivity contribution >= 4 is 18.0 Å². The quantitative estimate of drug-likeness (QED) is 0.218. The molecule has 7 nitrogen and oxygen atoms in total. The topological polar surface area (TPSA) is 94.9 Å². The zero-order chi connectivity index (χ0) is 24.4. The predicted molar refractivity (Wildman–Crippen MR) is 124 cm³/mol. The maximum atomic E-state index is 12.4. The third-order valence-corrected chi connectivity index (χ3v) is 4.64. The number of nitrogens with zero attached hydrogens (tertiary/aromatic N) is 1. The molecule has 0 amide bonds. The molecule has 0 heterocycles. The fourth-order valence-corrected chi connectivity index (χ4v) is 3.16. The van der Waals surface area contributed by atoms with Gasteiger partial charge in [-0.1, -0.05) is 26.0 Å². The molecule has 0 aliphatic carbocycles. The van der Waals surface area contributed by atoms with Gasteiger partial charge in [0.05, 0.1) is 13.2 Å². The van der Waals surface area contributed by atoms with Crippen LogP contribution in [0.15, 0.2) is 42.0 Å². The lowest BCUT2D eigenvalue weighted by atomic mass is 9.98. The maximum Gasteiger partial charge on any atom is 0.349 e. The van der Waals surface area contributed by atoms with E-state index in [0.717, 1.165) is 5.56 Å². The van der Waals surface area contributed by atoms with E-state index < -0.39 is 11.9 Å². The summed E-state index contributed by atoms with van der Waals surface area (Å²) < 4.78 is 21.4. The smallest absolute Gasteiger partial charge is 0.349 e. The van der Waals surface area contributed by atoms with Gasteiger partial charge in [0.25, 0.3) is 0 Å². The number of aryl methyl sites for hydroxylation is 1. The Kier molecular flexibility index (Phi) is 9.49. The first-order valence-electron chi connectivity index (χ1n) is 10.8. The molecule has 0 atom stereocenters. The van der Waals surface area contributed by atoms with Gasteiger partial charge in [-0.3, -0.25) is 0 Å². The summed E-state index contributed by atoms with van der Waals surface area (Å²) in [5, 5.41) is 9.21. The van der Waals surface area contributed by atoms with Crippen LogP contribution in [0.2, 0.25) is 0 Å². The van der Waals surface area contributed by atoms with Crippen molar-refractivity contribution in [1.82, 2.24) is 0 Å². The average molecular weight is 452 g/mol. The van der Waals surface area contributed by atoms with Gasteiger partial charge < -0.3 is 18.9 Å².